The molecule has 0 spiro atoms. The van der Waals surface area contributed by atoms with Crippen LogP contribution in [0.15, 0.2) is 71.3 Å². The van der Waals surface area contributed by atoms with E-state index in [9.17, 15) is 4.79 Å². The van der Waals surface area contributed by atoms with Crippen LogP contribution in [0.3, 0.4) is 0 Å². The van der Waals surface area contributed by atoms with Gasteiger partial charge in [-0.25, -0.2) is 0 Å². The number of benzene rings is 3. The number of para-hydroxylation sites is 1. The number of hydrazone groups is 1. The van der Waals surface area contributed by atoms with Crippen LogP contribution < -0.4 is 9.75 Å². The van der Waals surface area contributed by atoms with Crippen molar-refractivity contribution in [3.63, 3.8) is 0 Å². The van der Waals surface area contributed by atoms with E-state index in [2.05, 4.69) is 5.10 Å². The fraction of sp³-hybridized carbons (Fsp3) is 0.154. The summed E-state index contributed by atoms with van der Waals surface area (Å²) >= 11 is 12.1. The van der Waals surface area contributed by atoms with Gasteiger partial charge < -0.3 is 4.74 Å². The molecule has 32 heavy (non-hydrogen) atoms. The number of ether oxygens (including phenoxy) is 1. The number of hydrogen-bond donors (Lipinski definition) is 0. The lowest BCUT2D eigenvalue weighted by atomic mass is 10.0. The molecule has 4 nitrogen and oxygen atoms in total. The molecule has 3 aromatic rings. The van der Waals surface area contributed by atoms with E-state index >= 15 is 0 Å². The third-order valence-corrected chi connectivity index (χ3v) is 5.96. The summed E-state index contributed by atoms with van der Waals surface area (Å²) in [5.74, 6) is 0.677. The molecular formula is C26H22Cl2N2O2. The predicted molar refractivity (Wildman–Crippen MR) is 132 cm³/mol. The minimum atomic E-state index is -0.135. The topological polar surface area (TPSA) is 41.9 Å². The third-order valence-electron chi connectivity index (χ3n) is 5.22. The molecular weight excluding hydrogens is 443 g/mol. The van der Waals surface area contributed by atoms with Gasteiger partial charge in [0.15, 0.2) is 0 Å². The van der Waals surface area contributed by atoms with Gasteiger partial charge in [0, 0.05) is 0 Å². The number of hydrogen-bond acceptors (Lipinski definition) is 3. The molecule has 162 valence electrons. The molecule has 1 heterocycles. The van der Waals surface area contributed by atoms with Crippen molar-refractivity contribution in [1.82, 2.24) is 0 Å². The lowest BCUT2D eigenvalue weighted by Crippen LogP contribution is -2.21. The van der Waals surface area contributed by atoms with Crippen LogP contribution in [0.1, 0.15) is 29.2 Å². The van der Waals surface area contributed by atoms with E-state index in [1.807, 2.05) is 75.4 Å². The van der Waals surface area contributed by atoms with E-state index in [0.717, 1.165) is 33.7 Å². The Bertz CT molecular complexity index is 1230. The number of carbonyl (C=O) groups excluding carboxylic acids is 1. The molecule has 1 amide bonds. The first-order valence-electron chi connectivity index (χ1n) is 10.2. The Morgan fingerprint density at radius 1 is 0.938 bits per heavy atom. The highest BCUT2D eigenvalue weighted by molar-refractivity contribution is 6.42. The summed E-state index contributed by atoms with van der Waals surface area (Å²) in [6.07, 6.45) is 1.88. The quantitative estimate of drug-likeness (QED) is 0.381. The van der Waals surface area contributed by atoms with Crippen LogP contribution in [0, 0.1) is 13.8 Å². The van der Waals surface area contributed by atoms with Crippen LogP contribution in [-0.2, 0) is 11.4 Å². The van der Waals surface area contributed by atoms with E-state index in [-0.39, 0.29) is 5.91 Å². The summed E-state index contributed by atoms with van der Waals surface area (Å²) in [7, 11) is 0. The average molecular weight is 465 g/mol. The minimum absolute atomic E-state index is 0.135. The second kappa shape index (κ2) is 9.19. The lowest BCUT2D eigenvalue weighted by Gasteiger charge is -2.14. The molecule has 0 fully saturated rings. The van der Waals surface area contributed by atoms with Gasteiger partial charge >= 0.3 is 0 Å². The molecule has 0 atom stereocenters. The maximum absolute atomic E-state index is 13.0. The Labute approximate surface area is 197 Å². The van der Waals surface area contributed by atoms with E-state index in [4.69, 9.17) is 27.9 Å². The summed E-state index contributed by atoms with van der Waals surface area (Å²) < 4.78 is 6.07. The van der Waals surface area contributed by atoms with Crippen molar-refractivity contribution in [3.05, 3.63) is 98.5 Å². The summed E-state index contributed by atoms with van der Waals surface area (Å²) in [6.45, 7) is 6.22. The van der Waals surface area contributed by atoms with Gasteiger partial charge in [0.2, 0.25) is 0 Å². The van der Waals surface area contributed by atoms with Crippen molar-refractivity contribution >= 4 is 46.6 Å². The van der Waals surface area contributed by atoms with Crippen LogP contribution >= 0.6 is 23.2 Å². The number of aryl methyl sites for hydroxylation is 2. The SMILES string of the molecule is CC1=NN(c2ccccc2)C(=O)/C1=C/c1cc(C)c(OCc2ccc(Cl)c(Cl)c2)c(C)c1. The van der Waals surface area contributed by atoms with Gasteiger partial charge in [-0.15, -0.1) is 0 Å². The smallest absolute Gasteiger partial charge is 0.280 e. The van der Waals surface area contributed by atoms with Crippen molar-refractivity contribution < 1.29 is 9.53 Å². The van der Waals surface area contributed by atoms with Crippen LogP contribution in [-0.4, -0.2) is 11.6 Å². The predicted octanol–water partition coefficient (Wildman–Crippen LogP) is 7.00. The molecule has 0 saturated heterocycles. The zero-order valence-electron chi connectivity index (χ0n) is 18.0. The fourth-order valence-corrected chi connectivity index (χ4v) is 4.00. The average Bonchev–Trinajstić information content (AvgIpc) is 3.04. The van der Waals surface area contributed by atoms with Gasteiger partial charge in [-0.1, -0.05) is 47.5 Å². The Morgan fingerprint density at radius 3 is 2.28 bits per heavy atom. The number of nitrogens with zero attached hydrogens (tertiary/aromatic N) is 2. The largest absolute Gasteiger partial charge is 0.488 e. The Hall–Kier alpha value is -3.08. The molecule has 1 aliphatic rings. The van der Waals surface area contributed by atoms with Crippen LogP contribution in [0.4, 0.5) is 5.69 Å². The molecule has 0 aromatic heterocycles. The van der Waals surface area contributed by atoms with Crippen LogP contribution in [0.25, 0.3) is 6.08 Å². The van der Waals surface area contributed by atoms with Gasteiger partial charge in [-0.2, -0.15) is 10.1 Å². The molecule has 0 aliphatic carbocycles. The highest BCUT2D eigenvalue weighted by Gasteiger charge is 2.28. The third kappa shape index (κ3) is 4.57. The Morgan fingerprint density at radius 2 is 1.62 bits per heavy atom. The number of carbonyl (C=O) groups is 1. The molecule has 0 unspecified atom stereocenters. The van der Waals surface area contributed by atoms with E-state index < -0.39 is 0 Å². The maximum Gasteiger partial charge on any atom is 0.280 e. The molecule has 0 bridgehead atoms. The number of amides is 1. The zero-order chi connectivity index (χ0) is 22.8. The molecule has 0 radical (unpaired) electrons. The van der Waals surface area contributed by atoms with Crippen molar-refractivity contribution in [2.45, 2.75) is 27.4 Å². The Balaban J connectivity index is 1.55. The number of halogens is 2. The first-order chi connectivity index (χ1) is 15.3. The van der Waals surface area contributed by atoms with Crippen LogP contribution in [0.5, 0.6) is 5.75 Å². The van der Waals surface area contributed by atoms with Crippen molar-refractivity contribution in [2.24, 2.45) is 5.10 Å². The normalized spacial score (nSPS) is 14.8. The van der Waals surface area contributed by atoms with Crippen molar-refractivity contribution in [3.8, 4) is 5.75 Å². The molecule has 0 saturated carbocycles. The van der Waals surface area contributed by atoms with E-state index in [1.165, 1.54) is 5.01 Å². The summed E-state index contributed by atoms with van der Waals surface area (Å²) in [4.78, 5) is 13.0. The fourth-order valence-electron chi connectivity index (χ4n) is 3.67. The molecule has 4 rings (SSSR count). The second-order valence-electron chi connectivity index (χ2n) is 7.72. The second-order valence-corrected chi connectivity index (χ2v) is 8.53. The first kappa shape index (κ1) is 22.1. The lowest BCUT2D eigenvalue weighted by molar-refractivity contribution is -0.114. The zero-order valence-corrected chi connectivity index (χ0v) is 19.5. The highest BCUT2D eigenvalue weighted by Crippen LogP contribution is 2.30. The van der Waals surface area contributed by atoms with Crippen molar-refractivity contribution in [1.29, 1.82) is 0 Å². The van der Waals surface area contributed by atoms with Gasteiger partial charge in [0.25, 0.3) is 5.91 Å². The molecule has 0 N–H and O–H groups in total. The van der Waals surface area contributed by atoms with Crippen LogP contribution in [0.2, 0.25) is 10.0 Å². The monoisotopic (exact) mass is 464 g/mol. The minimum Gasteiger partial charge on any atom is -0.488 e. The summed E-state index contributed by atoms with van der Waals surface area (Å²) in [5, 5.41) is 6.91. The highest BCUT2D eigenvalue weighted by atomic mass is 35.5. The van der Waals surface area contributed by atoms with E-state index in [0.29, 0.717) is 27.9 Å². The van der Waals surface area contributed by atoms with Gasteiger partial charge in [-0.05, 0) is 85.5 Å². The maximum atomic E-state index is 13.0. The van der Waals surface area contributed by atoms with Crippen molar-refractivity contribution in [2.75, 3.05) is 5.01 Å². The van der Waals surface area contributed by atoms with Gasteiger partial charge in [0.05, 0.1) is 27.0 Å². The first-order valence-corrected chi connectivity index (χ1v) is 10.9. The molecule has 3 aromatic carbocycles. The van der Waals surface area contributed by atoms with Gasteiger partial charge in [0.1, 0.15) is 12.4 Å². The standard InChI is InChI=1S/C26H22Cl2N2O2/c1-16-11-20(12-17(2)25(16)32-15-19-9-10-23(27)24(28)14-19)13-22-18(3)29-30(26(22)31)21-7-5-4-6-8-21/h4-14H,15H2,1-3H3/b22-13+. The summed E-state index contributed by atoms with van der Waals surface area (Å²) in [5.41, 5.74) is 5.85. The molecule has 6 heteroatoms. The number of anilines is 1. The van der Waals surface area contributed by atoms with E-state index in [1.54, 1.807) is 12.1 Å². The Kier molecular flexibility index (Phi) is 6.35. The molecule has 1 aliphatic heterocycles. The summed E-state index contributed by atoms with van der Waals surface area (Å²) in [6, 6.07) is 18.9. The number of rotatable bonds is 5. The van der Waals surface area contributed by atoms with Gasteiger partial charge in [-0.3, -0.25) is 4.79 Å².